The molecule has 2 N–H and O–H groups in total. The van der Waals surface area contributed by atoms with Crippen molar-refractivity contribution in [3.05, 3.63) is 16.6 Å². The van der Waals surface area contributed by atoms with E-state index in [-0.39, 0.29) is 22.4 Å². The van der Waals surface area contributed by atoms with Gasteiger partial charge in [0, 0.05) is 0 Å². The number of carbonyl (C=O) groups is 2. The molecule has 0 unspecified atom stereocenters. The molecule has 0 bridgehead atoms. The van der Waals surface area contributed by atoms with Crippen LogP contribution in [0.25, 0.3) is 0 Å². The van der Waals surface area contributed by atoms with Gasteiger partial charge >= 0.3 is 5.97 Å². The first-order valence-corrected chi connectivity index (χ1v) is 6.09. The molecule has 1 amide bonds. The fourth-order valence-corrected chi connectivity index (χ4v) is 2.07. The van der Waals surface area contributed by atoms with Gasteiger partial charge in [-0.25, -0.2) is 14.8 Å². The van der Waals surface area contributed by atoms with Gasteiger partial charge in [-0.15, -0.1) is 0 Å². The second-order valence-electron chi connectivity index (χ2n) is 3.85. The van der Waals surface area contributed by atoms with Crippen LogP contribution in [0.1, 0.15) is 12.8 Å². The number of amides is 1. The molecule has 2 heterocycles. The summed E-state index contributed by atoms with van der Waals surface area (Å²) in [5, 5.41) is 11.2. The molecule has 1 saturated heterocycles. The number of nitrogens with one attached hydrogen (secondary N) is 1. The van der Waals surface area contributed by atoms with Crippen LogP contribution in [0.2, 0.25) is 10.3 Å². The van der Waals surface area contributed by atoms with E-state index in [0.29, 0.717) is 6.42 Å². The van der Waals surface area contributed by atoms with Gasteiger partial charge in [-0.2, -0.15) is 0 Å². The van der Waals surface area contributed by atoms with Crippen LogP contribution >= 0.6 is 23.2 Å². The van der Waals surface area contributed by atoms with Crippen LogP contribution < -0.4 is 5.32 Å². The summed E-state index contributed by atoms with van der Waals surface area (Å²) in [6.45, 7) is 0. The molecule has 102 valence electrons. The SMILES string of the molecule is O=C(Nc1c(Cl)ncnc1Cl)[C@@H]1CC[C@H](C(=O)O)O1. The Morgan fingerprint density at radius 1 is 1.26 bits per heavy atom. The number of carboxylic acids is 1. The van der Waals surface area contributed by atoms with E-state index in [9.17, 15) is 9.59 Å². The summed E-state index contributed by atoms with van der Waals surface area (Å²) in [6.07, 6.45) is -0.0687. The van der Waals surface area contributed by atoms with Crippen molar-refractivity contribution in [2.45, 2.75) is 25.0 Å². The van der Waals surface area contributed by atoms with Crippen LogP contribution in [-0.4, -0.2) is 39.2 Å². The lowest BCUT2D eigenvalue weighted by Gasteiger charge is -2.12. The molecule has 0 aliphatic carbocycles. The Morgan fingerprint density at radius 3 is 2.37 bits per heavy atom. The van der Waals surface area contributed by atoms with Gasteiger partial charge in [0.25, 0.3) is 5.91 Å². The van der Waals surface area contributed by atoms with Crippen molar-refractivity contribution in [1.29, 1.82) is 0 Å². The van der Waals surface area contributed by atoms with Gasteiger partial charge in [-0.1, -0.05) is 23.2 Å². The summed E-state index contributed by atoms with van der Waals surface area (Å²) in [4.78, 5) is 30.0. The third-order valence-corrected chi connectivity index (χ3v) is 3.16. The Morgan fingerprint density at radius 2 is 1.84 bits per heavy atom. The van der Waals surface area contributed by atoms with E-state index in [1.807, 2.05) is 0 Å². The van der Waals surface area contributed by atoms with Gasteiger partial charge in [-0.3, -0.25) is 4.79 Å². The minimum atomic E-state index is -1.09. The van der Waals surface area contributed by atoms with Gasteiger partial charge in [0.05, 0.1) is 0 Å². The lowest BCUT2D eigenvalue weighted by atomic mass is 10.2. The first kappa shape index (κ1) is 14.0. The van der Waals surface area contributed by atoms with Gasteiger partial charge in [0.2, 0.25) is 0 Å². The smallest absolute Gasteiger partial charge is 0.332 e. The van der Waals surface area contributed by atoms with Crippen LogP contribution in [0.5, 0.6) is 0 Å². The molecular formula is C10H9Cl2N3O4. The van der Waals surface area contributed by atoms with Gasteiger partial charge in [-0.05, 0) is 12.8 Å². The number of carboxylic acid groups (broad SMARTS) is 1. The molecule has 1 aromatic rings. The molecule has 0 saturated carbocycles. The van der Waals surface area contributed by atoms with E-state index < -0.39 is 24.1 Å². The predicted molar refractivity (Wildman–Crippen MR) is 66.2 cm³/mol. The zero-order valence-corrected chi connectivity index (χ0v) is 11.0. The maximum atomic E-state index is 11.9. The highest BCUT2D eigenvalue weighted by atomic mass is 35.5. The highest BCUT2D eigenvalue weighted by molar-refractivity contribution is 6.38. The summed E-state index contributed by atoms with van der Waals surface area (Å²) in [7, 11) is 0. The van der Waals surface area contributed by atoms with E-state index in [0.717, 1.165) is 6.33 Å². The van der Waals surface area contributed by atoms with E-state index in [1.165, 1.54) is 0 Å². The Balaban J connectivity index is 2.04. The Hall–Kier alpha value is -1.44. The van der Waals surface area contributed by atoms with Crippen molar-refractivity contribution in [3.63, 3.8) is 0 Å². The number of hydrogen-bond donors (Lipinski definition) is 2. The molecule has 0 radical (unpaired) electrons. The molecule has 19 heavy (non-hydrogen) atoms. The van der Waals surface area contributed by atoms with Crippen molar-refractivity contribution in [1.82, 2.24) is 9.97 Å². The monoisotopic (exact) mass is 305 g/mol. The number of aliphatic carboxylic acids is 1. The third kappa shape index (κ3) is 3.12. The molecule has 1 aliphatic rings. The highest BCUT2D eigenvalue weighted by Crippen LogP contribution is 2.27. The summed E-state index contributed by atoms with van der Waals surface area (Å²) in [5.74, 6) is -1.61. The lowest BCUT2D eigenvalue weighted by molar-refractivity contribution is -0.150. The molecule has 1 aliphatic heterocycles. The van der Waals surface area contributed by atoms with Crippen LogP contribution in [0.4, 0.5) is 5.69 Å². The fraction of sp³-hybridized carbons (Fsp3) is 0.400. The maximum Gasteiger partial charge on any atom is 0.332 e. The number of ether oxygens (including phenoxy) is 1. The first-order chi connectivity index (χ1) is 8.99. The molecule has 2 rings (SSSR count). The maximum absolute atomic E-state index is 11.9. The van der Waals surface area contributed by atoms with Crippen LogP contribution in [-0.2, 0) is 14.3 Å². The quantitative estimate of drug-likeness (QED) is 0.817. The standard InChI is InChI=1S/C10H9Cl2N3O4/c11-7-6(8(12)14-3-13-7)15-9(16)4-1-2-5(19-4)10(17)18/h3-5H,1-2H2,(H,15,16)(H,17,18)/t4-,5+/m0/s1. The largest absolute Gasteiger partial charge is 0.479 e. The minimum absolute atomic E-state index is 0.00105. The molecule has 0 spiro atoms. The number of nitrogens with zero attached hydrogens (tertiary/aromatic N) is 2. The fourth-order valence-electron chi connectivity index (χ4n) is 1.66. The first-order valence-electron chi connectivity index (χ1n) is 5.34. The number of aromatic nitrogens is 2. The Kier molecular flexibility index (Phi) is 4.18. The molecule has 7 nitrogen and oxygen atoms in total. The van der Waals surface area contributed by atoms with Gasteiger partial charge in [0.15, 0.2) is 16.4 Å². The van der Waals surface area contributed by atoms with Crippen LogP contribution in [0.3, 0.4) is 0 Å². The average molecular weight is 306 g/mol. The van der Waals surface area contributed by atoms with Gasteiger partial charge in [0.1, 0.15) is 18.1 Å². The molecule has 0 aromatic carbocycles. The third-order valence-electron chi connectivity index (χ3n) is 2.59. The Labute approximate surface area is 117 Å². The Bertz CT molecular complexity index is 505. The molecule has 2 atom stereocenters. The summed E-state index contributed by atoms with van der Waals surface area (Å²) in [6, 6.07) is 0. The number of hydrogen-bond acceptors (Lipinski definition) is 5. The van der Waals surface area contributed by atoms with E-state index >= 15 is 0 Å². The number of carbonyl (C=O) groups excluding carboxylic acids is 1. The normalized spacial score (nSPS) is 22.2. The summed E-state index contributed by atoms with van der Waals surface area (Å²) < 4.78 is 5.10. The predicted octanol–water partition coefficient (Wildman–Crippen LogP) is 1.35. The van der Waals surface area contributed by atoms with E-state index in [4.69, 9.17) is 33.0 Å². The van der Waals surface area contributed by atoms with E-state index in [2.05, 4.69) is 15.3 Å². The van der Waals surface area contributed by atoms with Crippen molar-refractivity contribution in [3.8, 4) is 0 Å². The van der Waals surface area contributed by atoms with Crippen molar-refractivity contribution >= 4 is 40.8 Å². The number of rotatable bonds is 3. The average Bonchev–Trinajstić information content (AvgIpc) is 2.83. The molecule has 1 aromatic heterocycles. The topological polar surface area (TPSA) is 101 Å². The van der Waals surface area contributed by atoms with Gasteiger partial charge < -0.3 is 15.2 Å². The van der Waals surface area contributed by atoms with Crippen molar-refractivity contribution < 1.29 is 19.4 Å². The van der Waals surface area contributed by atoms with Crippen LogP contribution in [0, 0.1) is 0 Å². The zero-order valence-electron chi connectivity index (χ0n) is 9.47. The number of halogens is 2. The summed E-state index contributed by atoms with van der Waals surface area (Å²) >= 11 is 11.5. The zero-order chi connectivity index (χ0) is 14.0. The molecular weight excluding hydrogens is 297 g/mol. The second-order valence-corrected chi connectivity index (χ2v) is 4.56. The van der Waals surface area contributed by atoms with E-state index in [1.54, 1.807) is 0 Å². The highest BCUT2D eigenvalue weighted by Gasteiger charge is 2.35. The van der Waals surface area contributed by atoms with Crippen molar-refractivity contribution in [2.75, 3.05) is 5.32 Å². The van der Waals surface area contributed by atoms with Crippen molar-refractivity contribution in [2.24, 2.45) is 0 Å². The lowest BCUT2D eigenvalue weighted by Crippen LogP contribution is -2.30. The molecule has 1 fully saturated rings. The molecule has 9 heteroatoms. The van der Waals surface area contributed by atoms with Crippen LogP contribution in [0.15, 0.2) is 6.33 Å². The number of anilines is 1. The second kappa shape index (κ2) is 5.68. The minimum Gasteiger partial charge on any atom is -0.479 e. The summed E-state index contributed by atoms with van der Waals surface area (Å²) in [5.41, 5.74) is 0.0817.